The summed E-state index contributed by atoms with van der Waals surface area (Å²) in [4.78, 5) is 21.5. The van der Waals surface area contributed by atoms with Crippen LogP contribution in [0.2, 0.25) is 0 Å². The Hall–Kier alpha value is -1.75. The number of rotatable bonds is 3. The molecule has 110 valence electrons. The van der Waals surface area contributed by atoms with Gasteiger partial charge in [-0.2, -0.15) is 0 Å². The molecule has 0 amide bonds. The highest BCUT2D eigenvalue weighted by molar-refractivity contribution is 7.17. The second-order valence-electron chi connectivity index (χ2n) is 5.34. The monoisotopic (exact) mass is 302 g/mol. The van der Waals surface area contributed by atoms with Crippen LogP contribution < -0.4 is 0 Å². The van der Waals surface area contributed by atoms with E-state index in [9.17, 15) is 4.79 Å². The maximum absolute atomic E-state index is 12.3. The number of carbonyl (C=O) groups excluding carboxylic acids is 1. The predicted molar refractivity (Wildman–Crippen MR) is 82.4 cm³/mol. The van der Waals surface area contributed by atoms with Gasteiger partial charge in [-0.3, -0.25) is 4.98 Å². The molecule has 3 rings (SSSR count). The zero-order valence-electron chi connectivity index (χ0n) is 12.0. The number of aromatic nitrogens is 2. The van der Waals surface area contributed by atoms with Gasteiger partial charge >= 0.3 is 5.97 Å². The van der Waals surface area contributed by atoms with Gasteiger partial charge in [-0.1, -0.05) is 6.42 Å². The number of ether oxygens (including phenoxy) is 1. The molecule has 1 fully saturated rings. The fraction of sp³-hybridized carbons (Fsp3) is 0.438. The van der Waals surface area contributed by atoms with Crippen molar-refractivity contribution in [1.29, 1.82) is 0 Å². The average molecular weight is 302 g/mol. The summed E-state index contributed by atoms with van der Waals surface area (Å²) in [6.45, 7) is 1.85. The summed E-state index contributed by atoms with van der Waals surface area (Å²) in [6.07, 6.45) is 9.09. The van der Waals surface area contributed by atoms with E-state index in [4.69, 9.17) is 4.74 Å². The summed E-state index contributed by atoms with van der Waals surface area (Å²) >= 11 is 1.38. The van der Waals surface area contributed by atoms with E-state index in [0.29, 0.717) is 4.88 Å². The second kappa shape index (κ2) is 6.35. The van der Waals surface area contributed by atoms with Crippen molar-refractivity contribution >= 4 is 17.3 Å². The minimum absolute atomic E-state index is 0.0783. The highest BCUT2D eigenvalue weighted by Gasteiger charge is 2.22. The minimum Gasteiger partial charge on any atom is -0.458 e. The van der Waals surface area contributed by atoms with E-state index < -0.39 is 0 Å². The van der Waals surface area contributed by atoms with E-state index >= 15 is 0 Å². The Morgan fingerprint density at radius 1 is 1.33 bits per heavy atom. The maximum atomic E-state index is 12.3. The topological polar surface area (TPSA) is 52.1 Å². The molecule has 21 heavy (non-hydrogen) atoms. The molecule has 0 radical (unpaired) electrons. The number of thiazole rings is 1. The highest BCUT2D eigenvalue weighted by atomic mass is 32.1. The van der Waals surface area contributed by atoms with Crippen molar-refractivity contribution < 1.29 is 9.53 Å². The lowest BCUT2D eigenvalue weighted by molar-refractivity contribution is 0.0216. The van der Waals surface area contributed by atoms with E-state index in [1.165, 1.54) is 17.8 Å². The second-order valence-corrected chi connectivity index (χ2v) is 6.34. The average Bonchev–Trinajstić information content (AvgIpc) is 2.91. The Kier molecular flexibility index (Phi) is 4.29. The van der Waals surface area contributed by atoms with Crippen molar-refractivity contribution in [3.8, 4) is 10.6 Å². The molecule has 0 aromatic carbocycles. The van der Waals surface area contributed by atoms with Crippen LogP contribution in [0.3, 0.4) is 0 Å². The SMILES string of the molecule is Cc1nc(-c2cccnc2)sc1C(=O)OC1CCCCC1. The molecule has 2 heterocycles. The summed E-state index contributed by atoms with van der Waals surface area (Å²) < 4.78 is 5.62. The summed E-state index contributed by atoms with van der Waals surface area (Å²) in [5, 5.41) is 0.816. The lowest BCUT2D eigenvalue weighted by atomic mass is 9.98. The van der Waals surface area contributed by atoms with Gasteiger partial charge in [0.25, 0.3) is 0 Å². The third kappa shape index (κ3) is 3.29. The van der Waals surface area contributed by atoms with Gasteiger partial charge < -0.3 is 4.74 Å². The van der Waals surface area contributed by atoms with E-state index in [1.54, 1.807) is 12.4 Å². The highest BCUT2D eigenvalue weighted by Crippen LogP contribution is 2.29. The van der Waals surface area contributed by atoms with Gasteiger partial charge in [-0.25, -0.2) is 9.78 Å². The molecule has 0 N–H and O–H groups in total. The first kappa shape index (κ1) is 14.2. The molecule has 5 heteroatoms. The lowest BCUT2D eigenvalue weighted by Gasteiger charge is -2.21. The Balaban J connectivity index is 1.76. The normalized spacial score (nSPS) is 15.9. The van der Waals surface area contributed by atoms with Gasteiger partial charge in [0.15, 0.2) is 0 Å². The van der Waals surface area contributed by atoms with E-state index in [0.717, 1.165) is 41.9 Å². The molecule has 0 atom stereocenters. The van der Waals surface area contributed by atoms with Crippen molar-refractivity contribution in [3.05, 3.63) is 35.1 Å². The van der Waals surface area contributed by atoms with Crippen LogP contribution in [0.15, 0.2) is 24.5 Å². The van der Waals surface area contributed by atoms with Crippen molar-refractivity contribution in [3.63, 3.8) is 0 Å². The number of hydrogen-bond donors (Lipinski definition) is 0. The van der Waals surface area contributed by atoms with Crippen LogP contribution >= 0.6 is 11.3 Å². The number of hydrogen-bond acceptors (Lipinski definition) is 5. The molecule has 2 aromatic rings. The minimum atomic E-state index is -0.230. The van der Waals surface area contributed by atoms with Crippen molar-refractivity contribution in [2.24, 2.45) is 0 Å². The molecule has 4 nitrogen and oxygen atoms in total. The van der Waals surface area contributed by atoms with Gasteiger partial charge in [0.1, 0.15) is 16.0 Å². The fourth-order valence-corrected chi connectivity index (χ4v) is 3.53. The van der Waals surface area contributed by atoms with Crippen molar-refractivity contribution in [2.75, 3.05) is 0 Å². The van der Waals surface area contributed by atoms with Crippen molar-refractivity contribution in [1.82, 2.24) is 9.97 Å². The molecule has 1 aliphatic carbocycles. The van der Waals surface area contributed by atoms with Crippen LogP contribution in [-0.2, 0) is 4.74 Å². The molecule has 0 unspecified atom stereocenters. The third-order valence-electron chi connectivity index (χ3n) is 3.72. The predicted octanol–water partition coefficient (Wildman–Crippen LogP) is 4.00. The summed E-state index contributed by atoms with van der Waals surface area (Å²) in [7, 11) is 0. The third-order valence-corrected chi connectivity index (χ3v) is 4.90. The molecular formula is C16H18N2O2S. The summed E-state index contributed by atoms with van der Waals surface area (Å²) in [6, 6.07) is 3.81. The van der Waals surface area contributed by atoms with Gasteiger partial charge in [0.05, 0.1) is 5.69 Å². The standard InChI is InChI=1S/C16H18N2O2S/c1-11-14(16(19)20-13-7-3-2-4-8-13)21-15(18-11)12-6-5-9-17-10-12/h5-6,9-10,13H,2-4,7-8H2,1H3. The van der Waals surface area contributed by atoms with Gasteiger partial charge in [-0.05, 0) is 44.7 Å². The number of pyridine rings is 1. The molecule has 0 spiro atoms. The van der Waals surface area contributed by atoms with E-state index in [2.05, 4.69) is 9.97 Å². The molecule has 0 aliphatic heterocycles. The van der Waals surface area contributed by atoms with Gasteiger partial charge in [-0.15, -0.1) is 11.3 Å². The molecule has 1 saturated carbocycles. The Bertz CT molecular complexity index is 618. The smallest absolute Gasteiger partial charge is 0.350 e. The van der Waals surface area contributed by atoms with E-state index in [1.807, 2.05) is 19.1 Å². The number of esters is 1. The summed E-state index contributed by atoms with van der Waals surface area (Å²) in [5.41, 5.74) is 1.67. The first-order chi connectivity index (χ1) is 10.2. The zero-order chi connectivity index (χ0) is 14.7. The fourth-order valence-electron chi connectivity index (χ4n) is 2.59. The molecule has 1 aliphatic rings. The molecular weight excluding hydrogens is 284 g/mol. The Morgan fingerprint density at radius 3 is 2.86 bits per heavy atom. The van der Waals surface area contributed by atoms with Crippen LogP contribution in [-0.4, -0.2) is 22.0 Å². The maximum Gasteiger partial charge on any atom is 0.350 e. The number of aryl methyl sites for hydroxylation is 1. The lowest BCUT2D eigenvalue weighted by Crippen LogP contribution is -2.20. The summed E-state index contributed by atoms with van der Waals surface area (Å²) in [5.74, 6) is -0.230. The molecule has 0 saturated heterocycles. The first-order valence-electron chi connectivity index (χ1n) is 7.33. The van der Waals surface area contributed by atoms with Crippen LogP contribution in [0, 0.1) is 6.92 Å². The van der Waals surface area contributed by atoms with E-state index in [-0.39, 0.29) is 12.1 Å². The Morgan fingerprint density at radius 2 is 2.14 bits per heavy atom. The molecule has 0 bridgehead atoms. The number of carbonyl (C=O) groups is 1. The first-order valence-corrected chi connectivity index (χ1v) is 8.14. The number of nitrogens with zero attached hydrogens (tertiary/aromatic N) is 2. The van der Waals surface area contributed by atoms with Crippen LogP contribution in [0.1, 0.15) is 47.5 Å². The van der Waals surface area contributed by atoms with Crippen LogP contribution in [0.4, 0.5) is 0 Å². The largest absolute Gasteiger partial charge is 0.458 e. The molecule has 2 aromatic heterocycles. The zero-order valence-corrected chi connectivity index (χ0v) is 12.9. The Labute approximate surface area is 128 Å². The van der Waals surface area contributed by atoms with Crippen molar-refractivity contribution in [2.45, 2.75) is 45.1 Å². The van der Waals surface area contributed by atoms with Crippen LogP contribution in [0.5, 0.6) is 0 Å². The van der Waals surface area contributed by atoms with Crippen LogP contribution in [0.25, 0.3) is 10.6 Å². The quantitative estimate of drug-likeness (QED) is 0.804. The van der Waals surface area contributed by atoms with Gasteiger partial charge in [0, 0.05) is 18.0 Å². The van der Waals surface area contributed by atoms with Gasteiger partial charge in [0.2, 0.25) is 0 Å².